The van der Waals surface area contributed by atoms with E-state index < -0.39 is 0 Å². The van der Waals surface area contributed by atoms with E-state index in [4.69, 9.17) is 11.6 Å². The quantitative estimate of drug-likeness (QED) is 0.800. The van der Waals surface area contributed by atoms with Crippen molar-refractivity contribution in [1.82, 2.24) is 5.32 Å². The molecule has 18 heavy (non-hydrogen) atoms. The van der Waals surface area contributed by atoms with Gasteiger partial charge in [-0.3, -0.25) is 9.59 Å². The van der Waals surface area contributed by atoms with Crippen LogP contribution in [-0.2, 0) is 16.1 Å². The molecule has 0 bridgehead atoms. The highest BCUT2D eigenvalue weighted by atomic mass is 35.5. The molecular weight excluding hydrogens is 252 g/mol. The van der Waals surface area contributed by atoms with E-state index in [2.05, 4.69) is 10.6 Å². The van der Waals surface area contributed by atoms with E-state index in [0.29, 0.717) is 6.54 Å². The third kappa shape index (κ3) is 3.74. The molecule has 0 saturated heterocycles. The fourth-order valence-electron chi connectivity index (χ4n) is 1.54. The lowest BCUT2D eigenvalue weighted by Crippen LogP contribution is -2.23. The number of carbonyl (C=O) groups is 2. The zero-order valence-electron chi connectivity index (χ0n) is 9.91. The Kier molecular flexibility index (Phi) is 4.20. The molecule has 1 fully saturated rings. The van der Waals surface area contributed by atoms with Crippen molar-refractivity contribution < 1.29 is 9.59 Å². The van der Waals surface area contributed by atoms with Gasteiger partial charge in [0.2, 0.25) is 11.8 Å². The monoisotopic (exact) mass is 266 g/mol. The maximum atomic E-state index is 11.5. The van der Waals surface area contributed by atoms with Crippen LogP contribution in [0.15, 0.2) is 24.3 Å². The smallest absolute Gasteiger partial charge is 0.235 e. The van der Waals surface area contributed by atoms with E-state index in [9.17, 15) is 9.59 Å². The maximum Gasteiger partial charge on any atom is 0.235 e. The lowest BCUT2D eigenvalue weighted by Gasteiger charge is -2.06. The molecule has 0 atom stereocenters. The first-order valence-electron chi connectivity index (χ1n) is 5.91. The number of amides is 2. The summed E-state index contributed by atoms with van der Waals surface area (Å²) in [7, 11) is 0. The summed E-state index contributed by atoms with van der Waals surface area (Å²) in [4.78, 5) is 22.5. The van der Waals surface area contributed by atoms with Gasteiger partial charge in [-0.05, 0) is 30.5 Å². The van der Waals surface area contributed by atoms with Gasteiger partial charge in [-0.25, -0.2) is 0 Å². The zero-order valence-corrected chi connectivity index (χ0v) is 10.7. The topological polar surface area (TPSA) is 58.2 Å². The Balaban J connectivity index is 1.84. The number of carbonyl (C=O) groups excluding carboxylic acids is 2. The average molecular weight is 267 g/mol. The van der Waals surface area contributed by atoms with Crippen molar-refractivity contribution in [3.63, 3.8) is 0 Å². The van der Waals surface area contributed by atoms with E-state index in [1.165, 1.54) is 0 Å². The normalized spacial score (nSPS) is 14.1. The molecule has 0 radical (unpaired) electrons. The second-order valence-electron chi connectivity index (χ2n) is 4.37. The van der Waals surface area contributed by atoms with E-state index in [0.717, 1.165) is 24.1 Å². The van der Waals surface area contributed by atoms with Crippen LogP contribution in [0, 0.1) is 5.92 Å². The Morgan fingerprint density at radius 2 is 1.89 bits per heavy atom. The van der Waals surface area contributed by atoms with Crippen LogP contribution in [-0.4, -0.2) is 17.7 Å². The minimum Gasteiger partial charge on any atom is -0.351 e. The third-order valence-electron chi connectivity index (χ3n) is 2.78. The van der Waals surface area contributed by atoms with Crippen LogP contribution in [0.1, 0.15) is 18.4 Å². The van der Waals surface area contributed by atoms with Crippen molar-refractivity contribution in [3.05, 3.63) is 29.8 Å². The maximum absolute atomic E-state index is 11.5. The van der Waals surface area contributed by atoms with Gasteiger partial charge < -0.3 is 10.6 Å². The summed E-state index contributed by atoms with van der Waals surface area (Å²) in [6, 6.07) is 7.42. The van der Waals surface area contributed by atoms with Crippen molar-refractivity contribution >= 4 is 29.1 Å². The number of benzene rings is 1. The Bertz CT molecular complexity index is 441. The van der Waals surface area contributed by atoms with E-state index in [-0.39, 0.29) is 23.6 Å². The first-order valence-corrected chi connectivity index (χ1v) is 6.45. The van der Waals surface area contributed by atoms with E-state index in [1.807, 2.05) is 24.3 Å². The molecule has 0 aliphatic heterocycles. The number of halogens is 1. The van der Waals surface area contributed by atoms with Crippen LogP contribution in [0.3, 0.4) is 0 Å². The molecule has 1 aliphatic carbocycles. The molecule has 2 N–H and O–H groups in total. The first kappa shape index (κ1) is 12.9. The molecule has 0 heterocycles. The predicted octanol–water partition coefficient (Wildman–Crippen LogP) is 1.89. The number of rotatable bonds is 5. The second-order valence-corrected chi connectivity index (χ2v) is 4.64. The summed E-state index contributed by atoms with van der Waals surface area (Å²) in [5, 5.41) is 5.54. The molecular formula is C13H15ClN2O2. The van der Waals surface area contributed by atoms with Crippen molar-refractivity contribution in [2.45, 2.75) is 19.4 Å². The summed E-state index contributed by atoms with van der Waals surface area (Å²) in [6.45, 7) is 0.447. The molecule has 96 valence electrons. The Hall–Kier alpha value is -1.55. The minimum atomic E-state index is -0.192. The molecule has 1 aliphatic rings. The van der Waals surface area contributed by atoms with Crippen molar-refractivity contribution in [2.75, 3.05) is 11.2 Å². The molecule has 2 amide bonds. The van der Waals surface area contributed by atoms with Crippen LogP contribution in [0.2, 0.25) is 0 Å². The average Bonchev–Trinajstić information content (AvgIpc) is 3.21. The molecule has 0 spiro atoms. The highest BCUT2D eigenvalue weighted by Crippen LogP contribution is 2.30. The summed E-state index contributed by atoms with van der Waals surface area (Å²) < 4.78 is 0. The van der Waals surface area contributed by atoms with E-state index >= 15 is 0 Å². The number of nitrogens with one attached hydrogen (secondary N) is 2. The van der Waals surface area contributed by atoms with Gasteiger partial charge in [-0.15, -0.1) is 11.6 Å². The minimum absolute atomic E-state index is 0.0322. The van der Waals surface area contributed by atoms with Gasteiger partial charge in [0.1, 0.15) is 5.88 Å². The number of hydrogen-bond donors (Lipinski definition) is 2. The highest BCUT2D eigenvalue weighted by Gasteiger charge is 2.29. The second kappa shape index (κ2) is 5.87. The van der Waals surface area contributed by atoms with Crippen LogP contribution in [0.4, 0.5) is 5.69 Å². The zero-order chi connectivity index (χ0) is 13.0. The lowest BCUT2D eigenvalue weighted by molar-refractivity contribution is -0.119. The van der Waals surface area contributed by atoms with Crippen molar-refractivity contribution in [3.8, 4) is 0 Å². The fourth-order valence-corrected chi connectivity index (χ4v) is 1.64. The van der Waals surface area contributed by atoms with Crippen LogP contribution >= 0.6 is 11.6 Å². The number of alkyl halides is 1. The van der Waals surface area contributed by atoms with Crippen molar-refractivity contribution in [1.29, 1.82) is 0 Å². The van der Waals surface area contributed by atoms with Gasteiger partial charge in [0.15, 0.2) is 0 Å². The first-order chi connectivity index (χ1) is 8.69. The molecule has 5 heteroatoms. The molecule has 0 unspecified atom stereocenters. The van der Waals surface area contributed by atoms with Crippen LogP contribution in [0.25, 0.3) is 0 Å². The van der Waals surface area contributed by atoms with Gasteiger partial charge in [-0.1, -0.05) is 12.1 Å². The van der Waals surface area contributed by atoms with Gasteiger partial charge in [0, 0.05) is 18.2 Å². The molecule has 1 aromatic carbocycles. The SMILES string of the molecule is O=C(CCl)NCc1ccc(NC(=O)C2CC2)cc1. The predicted molar refractivity (Wildman–Crippen MR) is 70.4 cm³/mol. The van der Waals surface area contributed by atoms with Crippen LogP contribution in [0.5, 0.6) is 0 Å². The van der Waals surface area contributed by atoms with Crippen LogP contribution < -0.4 is 10.6 Å². The molecule has 1 aromatic rings. The summed E-state index contributed by atoms with van der Waals surface area (Å²) in [5.74, 6) is 0.0730. The van der Waals surface area contributed by atoms with Gasteiger partial charge in [0.25, 0.3) is 0 Å². The summed E-state index contributed by atoms with van der Waals surface area (Å²) in [5.41, 5.74) is 1.76. The fraction of sp³-hybridized carbons (Fsp3) is 0.385. The molecule has 1 saturated carbocycles. The highest BCUT2D eigenvalue weighted by molar-refractivity contribution is 6.27. The van der Waals surface area contributed by atoms with Gasteiger partial charge in [0.05, 0.1) is 0 Å². The Morgan fingerprint density at radius 3 is 2.44 bits per heavy atom. The Labute approximate surface area is 111 Å². The Morgan fingerprint density at radius 1 is 1.22 bits per heavy atom. The lowest BCUT2D eigenvalue weighted by atomic mass is 10.2. The summed E-state index contributed by atoms with van der Waals surface area (Å²) in [6.07, 6.45) is 1.99. The molecule has 4 nitrogen and oxygen atoms in total. The standard InChI is InChI=1S/C13H15ClN2O2/c14-7-12(17)15-8-9-1-5-11(6-2-9)16-13(18)10-3-4-10/h1-2,5-6,10H,3-4,7-8H2,(H,15,17)(H,16,18). The largest absolute Gasteiger partial charge is 0.351 e. The van der Waals surface area contributed by atoms with Crippen molar-refractivity contribution in [2.24, 2.45) is 5.92 Å². The molecule has 0 aromatic heterocycles. The van der Waals surface area contributed by atoms with Gasteiger partial charge in [-0.2, -0.15) is 0 Å². The summed E-state index contributed by atoms with van der Waals surface area (Å²) >= 11 is 5.38. The van der Waals surface area contributed by atoms with E-state index in [1.54, 1.807) is 0 Å². The molecule has 2 rings (SSSR count). The number of hydrogen-bond acceptors (Lipinski definition) is 2. The number of anilines is 1. The van der Waals surface area contributed by atoms with Gasteiger partial charge >= 0.3 is 0 Å². The third-order valence-corrected chi connectivity index (χ3v) is 3.02.